The predicted octanol–water partition coefficient (Wildman–Crippen LogP) is 2.78. The van der Waals surface area contributed by atoms with Crippen molar-refractivity contribution in [1.29, 1.82) is 0 Å². The van der Waals surface area contributed by atoms with Gasteiger partial charge in [-0.2, -0.15) is 13.2 Å². The van der Waals surface area contributed by atoms with Gasteiger partial charge in [-0.05, 0) is 23.8 Å². The van der Waals surface area contributed by atoms with Gasteiger partial charge >= 0.3 is 6.18 Å². The van der Waals surface area contributed by atoms with Crippen LogP contribution in [0.2, 0.25) is 0 Å². The predicted molar refractivity (Wildman–Crippen MR) is 104 cm³/mol. The van der Waals surface area contributed by atoms with Crippen LogP contribution in [0, 0.1) is 0 Å². The molecule has 0 saturated carbocycles. The van der Waals surface area contributed by atoms with Crippen molar-refractivity contribution in [2.24, 2.45) is 0 Å². The second-order valence-corrected chi connectivity index (χ2v) is 7.49. The van der Waals surface area contributed by atoms with E-state index in [1.807, 2.05) is 24.3 Å². The minimum absolute atomic E-state index is 0.139. The molecular formula is C21H24F3N3O3. The lowest BCUT2D eigenvalue weighted by molar-refractivity contribution is -0.142. The molecule has 2 N–H and O–H groups in total. The number of benzene rings is 1. The van der Waals surface area contributed by atoms with Gasteiger partial charge in [-0.3, -0.25) is 0 Å². The molecule has 3 heterocycles. The molecule has 0 spiro atoms. The minimum atomic E-state index is -4.55. The summed E-state index contributed by atoms with van der Waals surface area (Å²) in [4.78, 5) is 5.85. The lowest BCUT2D eigenvalue weighted by atomic mass is 9.96. The number of aromatic nitrogens is 1. The van der Waals surface area contributed by atoms with Gasteiger partial charge in [0.25, 0.3) is 0 Å². The normalized spacial score (nSPS) is 25.2. The van der Waals surface area contributed by atoms with Crippen molar-refractivity contribution in [3.63, 3.8) is 0 Å². The highest BCUT2D eigenvalue weighted by Gasteiger charge is 2.36. The molecule has 0 amide bonds. The van der Waals surface area contributed by atoms with Crippen molar-refractivity contribution in [3.8, 4) is 5.88 Å². The molecule has 9 heteroatoms. The van der Waals surface area contributed by atoms with E-state index in [9.17, 15) is 18.3 Å². The Bertz CT molecular complexity index is 841. The van der Waals surface area contributed by atoms with Crippen molar-refractivity contribution in [1.82, 2.24) is 10.3 Å². The zero-order valence-electron chi connectivity index (χ0n) is 16.3. The topological polar surface area (TPSA) is 66.9 Å². The first kappa shape index (κ1) is 20.9. The average molecular weight is 423 g/mol. The first-order valence-corrected chi connectivity index (χ1v) is 9.96. The number of aliphatic hydroxyl groups is 1. The molecule has 1 aromatic heterocycles. The first-order chi connectivity index (χ1) is 14.4. The molecular weight excluding hydrogens is 399 g/mol. The van der Waals surface area contributed by atoms with Crippen molar-refractivity contribution in [2.45, 2.75) is 30.9 Å². The minimum Gasteiger partial charge on any atom is -0.471 e. The number of ether oxygens (including phenoxy) is 2. The summed E-state index contributed by atoms with van der Waals surface area (Å²) in [6, 6.07) is 11.4. The van der Waals surface area contributed by atoms with E-state index in [1.54, 1.807) is 0 Å². The van der Waals surface area contributed by atoms with E-state index in [0.29, 0.717) is 0 Å². The number of nitrogens with one attached hydrogen (secondary N) is 1. The summed E-state index contributed by atoms with van der Waals surface area (Å²) in [7, 11) is 0. The molecule has 2 saturated heterocycles. The van der Waals surface area contributed by atoms with Crippen LogP contribution in [0.4, 0.5) is 18.9 Å². The van der Waals surface area contributed by atoms with E-state index in [1.165, 1.54) is 12.1 Å². The summed E-state index contributed by atoms with van der Waals surface area (Å²) in [6.07, 6.45) is -6.24. The van der Waals surface area contributed by atoms with Gasteiger partial charge in [-0.15, -0.1) is 0 Å². The third-order valence-electron chi connectivity index (χ3n) is 5.30. The van der Waals surface area contributed by atoms with Gasteiger partial charge < -0.3 is 24.8 Å². The van der Waals surface area contributed by atoms with Gasteiger partial charge in [0.2, 0.25) is 5.88 Å². The van der Waals surface area contributed by atoms with Crippen molar-refractivity contribution in [2.75, 3.05) is 37.7 Å². The van der Waals surface area contributed by atoms with Crippen LogP contribution in [0.3, 0.4) is 0 Å². The molecule has 2 aliphatic heterocycles. The Morgan fingerprint density at radius 2 is 1.83 bits per heavy atom. The monoisotopic (exact) mass is 423 g/mol. The number of hydrogen-bond donors (Lipinski definition) is 2. The Hall–Kier alpha value is -2.36. The van der Waals surface area contributed by atoms with Crippen LogP contribution >= 0.6 is 0 Å². The maximum absolute atomic E-state index is 13.0. The highest BCUT2D eigenvalue weighted by Crippen LogP contribution is 2.34. The Balaban J connectivity index is 1.51. The van der Waals surface area contributed by atoms with E-state index in [4.69, 9.17) is 9.47 Å². The highest BCUT2D eigenvalue weighted by atomic mass is 19.4. The standard InChI is InChI=1S/C21H24F3N3O3/c22-21(23,24)18-2-1-3-19(26-18)30-17-12-16(28)13-29-20(17)14-4-6-15(7-5-14)27-10-8-25-9-11-27/h1-7,16-17,20,25,28H,8-13H2/t16-,17?,20+/m1/s1. The van der Waals surface area contributed by atoms with Crippen molar-refractivity contribution in [3.05, 3.63) is 53.7 Å². The quantitative estimate of drug-likeness (QED) is 0.789. The molecule has 3 atom stereocenters. The molecule has 6 nitrogen and oxygen atoms in total. The maximum Gasteiger partial charge on any atom is 0.433 e. The van der Waals surface area contributed by atoms with Gasteiger partial charge in [-0.1, -0.05) is 18.2 Å². The molecule has 2 fully saturated rings. The summed E-state index contributed by atoms with van der Waals surface area (Å²) >= 11 is 0. The van der Waals surface area contributed by atoms with Crippen LogP contribution in [0.25, 0.3) is 0 Å². The molecule has 0 aliphatic carbocycles. The van der Waals surface area contributed by atoms with E-state index in [2.05, 4.69) is 15.2 Å². The number of hydrogen-bond acceptors (Lipinski definition) is 6. The number of pyridine rings is 1. The lowest BCUT2D eigenvalue weighted by Crippen LogP contribution is -2.43. The third kappa shape index (κ3) is 4.85. The number of piperazine rings is 1. The average Bonchev–Trinajstić information content (AvgIpc) is 2.74. The largest absolute Gasteiger partial charge is 0.471 e. The molecule has 0 radical (unpaired) electrons. The number of nitrogens with zero attached hydrogens (tertiary/aromatic N) is 2. The zero-order valence-corrected chi connectivity index (χ0v) is 16.3. The summed E-state index contributed by atoms with van der Waals surface area (Å²) < 4.78 is 50.4. The van der Waals surface area contributed by atoms with Gasteiger partial charge in [0.05, 0.1) is 12.7 Å². The Morgan fingerprint density at radius 3 is 2.53 bits per heavy atom. The Morgan fingerprint density at radius 1 is 1.10 bits per heavy atom. The van der Waals surface area contributed by atoms with Gasteiger partial charge in [0, 0.05) is 44.4 Å². The van der Waals surface area contributed by atoms with Crippen LogP contribution in [-0.4, -0.2) is 55.1 Å². The number of anilines is 1. The maximum atomic E-state index is 13.0. The van der Waals surface area contributed by atoms with E-state index >= 15 is 0 Å². The third-order valence-corrected chi connectivity index (χ3v) is 5.30. The fourth-order valence-corrected chi connectivity index (χ4v) is 3.79. The van der Waals surface area contributed by atoms with Crippen LogP contribution in [-0.2, 0) is 10.9 Å². The van der Waals surface area contributed by atoms with Crippen LogP contribution in [0.15, 0.2) is 42.5 Å². The summed E-state index contributed by atoms with van der Waals surface area (Å²) in [6.45, 7) is 3.87. The fraction of sp³-hybridized carbons (Fsp3) is 0.476. The number of rotatable bonds is 4. The van der Waals surface area contributed by atoms with Crippen LogP contribution < -0.4 is 15.0 Å². The van der Waals surface area contributed by atoms with Crippen molar-refractivity contribution < 1.29 is 27.8 Å². The SMILES string of the molecule is O[C@H]1CO[C@@H](c2ccc(N3CCNCC3)cc2)C(Oc2cccc(C(F)(F)F)n2)C1. The molecule has 1 aromatic carbocycles. The summed E-state index contributed by atoms with van der Waals surface area (Å²) in [5.74, 6) is -0.144. The molecule has 30 heavy (non-hydrogen) atoms. The number of aliphatic hydroxyl groups excluding tert-OH is 1. The molecule has 4 rings (SSSR count). The second kappa shape index (κ2) is 8.79. The zero-order chi connectivity index (χ0) is 21.1. The van der Waals surface area contributed by atoms with Crippen molar-refractivity contribution >= 4 is 5.69 Å². The Labute approximate surface area is 172 Å². The van der Waals surface area contributed by atoms with Crippen LogP contribution in [0.1, 0.15) is 23.8 Å². The smallest absolute Gasteiger partial charge is 0.433 e. The molecule has 2 aromatic rings. The molecule has 0 bridgehead atoms. The molecule has 1 unspecified atom stereocenters. The number of alkyl halides is 3. The summed E-state index contributed by atoms with van der Waals surface area (Å²) in [5.41, 5.74) is 0.931. The molecule has 162 valence electrons. The van der Waals surface area contributed by atoms with E-state index in [-0.39, 0.29) is 18.9 Å². The van der Waals surface area contributed by atoms with E-state index < -0.39 is 30.2 Å². The Kier molecular flexibility index (Phi) is 6.12. The highest BCUT2D eigenvalue weighted by molar-refractivity contribution is 5.48. The van der Waals surface area contributed by atoms with Crippen LogP contribution in [0.5, 0.6) is 5.88 Å². The fourth-order valence-electron chi connectivity index (χ4n) is 3.79. The number of halogens is 3. The van der Waals surface area contributed by atoms with Gasteiger partial charge in [0.1, 0.15) is 17.9 Å². The van der Waals surface area contributed by atoms with Gasteiger partial charge in [0.15, 0.2) is 0 Å². The first-order valence-electron chi connectivity index (χ1n) is 9.96. The van der Waals surface area contributed by atoms with E-state index in [0.717, 1.165) is 43.5 Å². The lowest BCUT2D eigenvalue weighted by Gasteiger charge is -2.35. The van der Waals surface area contributed by atoms with Gasteiger partial charge in [-0.25, -0.2) is 4.98 Å². The second-order valence-electron chi connectivity index (χ2n) is 7.49. The summed E-state index contributed by atoms with van der Waals surface area (Å²) in [5, 5.41) is 13.3. The molecule has 2 aliphatic rings.